The molecule has 0 aliphatic carbocycles. The number of benzene rings is 2. The number of carbonyl (C=O) groups excluding carboxylic acids is 1. The Bertz CT molecular complexity index is 1100. The first-order valence-electron chi connectivity index (χ1n) is 6.93. The lowest BCUT2D eigenvalue weighted by molar-refractivity contribution is -0.384. The number of hydrogen-bond acceptors (Lipinski definition) is 6. The van der Waals surface area contributed by atoms with Crippen LogP contribution in [0.1, 0.15) is 9.67 Å². The Hall–Kier alpha value is -2.84. The Morgan fingerprint density at radius 2 is 2.00 bits per heavy atom. The number of non-ortho nitro benzene ring substituents is 1. The van der Waals surface area contributed by atoms with Crippen molar-refractivity contribution >= 4 is 60.3 Å². The van der Waals surface area contributed by atoms with Gasteiger partial charge in [0.05, 0.1) is 25.5 Å². The average molecular weight is 355 g/mol. The Kier molecular flexibility index (Phi) is 3.47. The van der Waals surface area contributed by atoms with E-state index in [2.05, 4.69) is 10.3 Å². The minimum absolute atomic E-state index is 0.0166. The van der Waals surface area contributed by atoms with E-state index in [1.165, 1.54) is 34.8 Å². The van der Waals surface area contributed by atoms with Gasteiger partial charge in [-0.1, -0.05) is 0 Å². The van der Waals surface area contributed by atoms with E-state index in [1.54, 1.807) is 23.7 Å². The number of thiophene rings is 1. The molecule has 118 valence electrons. The minimum Gasteiger partial charge on any atom is -0.321 e. The number of hydrogen-bond donors (Lipinski definition) is 1. The Morgan fingerprint density at radius 1 is 1.12 bits per heavy atom. The van der Waals surface area contributed by atoms with Crippen molar-refractivity contribution in [3.63, 3.8) is 0 Å². The maximum atomic E-state index is 12.4. The van der Waals surface area contributed by atoms with Crippen LogP contribution in [0.3, 0.4) is 0 Å². The summed E-state index contributed by atoms with van der Waals surface area (Å²) in [5, 5.41) is 14.4. The number of nitrogens with zero attached hydrogens (tertiary/aromatic N) is 2. The third kappa shape index (κ3) is 2.61. The van der Waals surface area contributed by atoms with Crippen molar-refractivity contribution in [3.05, 3.63) is 63.0 Å². The van der Waals surface area contributed by atoms with E-state index in [4.69, 9.17) is 0 Å². The molecule has 4 aromatic rings. The molecule has 0 fully saturated rings. The molecule has 1 amide bonds. The van der Waals surface area contributed by atoms with Crippen LogP contribution in [0, 0.1) is 10.1 Å². The van der Waals surface area contributed by atoms with Crippen molar-refractivity contribution in [1.82, 2.24) is 4.98 Å². The first-order chi connectivity index (χ1) is 11.6. The van der Waals surface area contributed by atoms with Crippen LogP contribution in [-0.4, -0.2) is 15.8 Å². The molecule has 0 aliphatic rings. The number of aromatic nitrogens is 1. The van der Waals surface area contributed by atoms with E-state index >= 15 is 0 Å². The van der Waals surface area contributed by atoms with Crippen molar-refractivity contribution in [2.24, 2.45) is 0 Å². The standard InChI is InChI=1S/C16H9N3O3S2/c20-16(18-10-1-3-12-14(7-10)23-8-17-12)15-6-9-5-11(19(21)22)2-4-13(9)24-15/h1-8H,(H,18,20). The van der Waals surface area contributed by atoms with Gasteiger partial charge in [0.25, 0.3) is 11.6 Å². The highest BCUT2D eigenvalue weighted by atomic mass is 32.1. The second kappa shape index (κ2) is 5.66. The number of fused-ring (bicyclic) bond motifs is 2. The van der Waals surface area contributed by atoms with E-state index in [9.17, 15) is 14.9 Å². The van der Waals surface area contributed by atoms with E-state index < -0.39 is 4.92 Å². The van der Waals surface area contributed by atoms with Crippen LogP contribution in [0.15, 0.2) is 48.0 Å². The van der Waals surface area contributed by atoms with Crippen LogP contribution >= 0.6 is 22.7 Å². The molecule has 24 heavy (non-hydrogen) atoms. The monoisotopic (exact) mass is 355 g/mol. The summed E-state index contributed by atoms with van der Waals surface area (Å²) in [7, 11) is 0. The number of thiazole rings is 1. The normalized spacial score (nSPS) is 11.0. The van der Waals surface area contributed by atoms with Crippen LogP contribution in [-0.2, 0) is 0 Å². The second-order valence-corrected chi connectivity index (χ2v) is 7.05. The summed E-state index contributed by atoms with van der Waals surface area (Å²) in [5.41, 5.74) is 3.37. The molecule has 2 aromatic heterocycles. The van der Waals surface area contributed by atoms with Crippen molar-refractivity contribution in [3.8, 4) is 0 Å². The molecular weight excluding hydrogens is 346 g/mol. The highest BCUT2D eigenvalue weighted by Gasteiger charge is 2.14. The molecule has 0 aliphatic heterocycles. The summed E-state index contributed by atoms with van der Waals surface area (Å²) in [5.74, 6) is -0.234. The van der Waals surface area contributed by atoms with Gasteiger partial charge < -0.3 is 5.32 Å². The van der Waals surface area contributed by atoms with Gasteiger partial charge in [0.1, 0.15) is 0 Å². The summed E-state index contributed by atoms with van der Waals surface area (Å²) in [6, 6.07) is 11.8. The van der Waals surface area contributed by atoms with E-state index in [-0.39, 0.29) is 11.6 Å². The van der Waals surface area contributed by atoms with Crippen LogP contribution in [0.4, 0.5) is 11.4 Å². The molecule has 4 rings (SSSR count). The average Bonchev–Trinajstić information content (AvgIpc) is 3.19. The lowest BCUT2D eigenvalue weighted by Gasteiger charge is -2.02. The van der Waals surface area contributed by atoms with E-state index in [0.29, 0.717) is 16.0 Å². The van der Waals surface area contributed by atoms with Gasteiger partial charge in [-0.05, 0) is 30.3 Å². The van der Waals surface area contributed by atoms with E-state index in [1.807, 2.05) is 12.1 Å². The molecule has 1 N–H and O–H groups in total. The molecule has 8 heteroatoms. The van der Waals surface area contributed by atoms with Gasteiger partial charge in [-0.2, -0.15) is 0 Å². The zero-order valence-electron chi connectivity index (χ0n) is 12.1. The van der Waals surface area contributed by atoms with Crippen molar-refractivity contribution in [1.29, 1.82) is 0 Å². The maximum Gasteiger partial charge on any atom is 0.270 e. The van der Waals surface area contributed by atoms with Gasteiger partial charge in [-0.15, -0.1) is 22.7 Å². The molecule has 0 radical (unpaired) electrons. The molecule has 2 aromatic carbocycles. The summed E-state index contributed by atoms with van der Waals surface area (Å²) in [6.07, 6.45) is 0. The number of carbonyl (C=O) groups is 1. The SMILES string of the molecule is O=C(Nc1ccc2ncsc2c1)c1cc2cc([N+](=O)[O-])ccc2s1. The van der Waals surface area contributed by atoms with Crippen molar-refractivity contribution < 1.29 is 9.72 Å². The molecule has 6 nitrogen and oxygen atoms in total. The van der Waals surface area contributed by atoms with Gasteiger partial charge >= 0.3 is 0 Å². The second-order valence-electron chi connectivity index (χ2n) is 5.08. The molecule has 0 saturated carbocycles. The fraction of sp³-hybridized carbons (Fsp3) is 0. The Balaban J connectivity index is 1.63. The lowest BCUT2D eigenvalue weighted by atomic mass is 10.2. The molecule has 0 spiro atoms. The Labute approximate surface area is 143 Å². The van der Waals surface area contributed by atoms with Crippen molar-refractivity contribution in [2.75, 3.05) is 5.32 Å². The quantitative estimate of drug-likeness (QED) is 0.427. The third-order valence-corrected chi connectivity index (χ3v) is 5.43. The lowest BCUT2D eigenvalue weighted by Crippen LogP contribution is -2.09. The molecular formula is C16H9N3O3S2. The van der Waals surface area contributed by atoms with Gasteiger partial charge in [0.15, 0.2) is 0 Å². The first-order valence-corrected chi connectivity index (χ1v) is 8.62. The summed E-state index contributed by atoms with van der Waals surface area (Å²) in [4.78, 5) is 27.5. The fourth-order valence-corrected chi connectivity index (χ4v) is 4.04. The topological polar surface area (TPSA) is 85.1 Å². The minimum atomic E-state index is -0.443. The predicted octanol–water partition coefficient (Wildman–Crippen LogP) is 4.67. The van der Waals surface area contributed by atoms with Crippen LogP contribution in [0.5, 0.6) is 0 Å². The number of anilines is 1. The molecule has 0 unspecified atom stereocenters. The zero-order valence-corrected chi connectivity index (χ0v) is 13.7. The van der Waals surface area contributed by atoms with Crippen LogP contribution in [0.2, 0.25) is 0 Å². The molecule has 2 heterocycles. The number of nitrogens with one attached hydrogen (secondary N) is 1. The highest BCUT2D eigenvalue weighted by Crippen LogP contribution is 2.30. The molecule has 0 bridgehead atoms. The number of amides is 1. The van der Waals surface area contributed by atoms with E-state index in [0.717, 1.165) is 14.9 Å². The number of nitro groups is 1. The summed E-state index contributed by atoms with van der Waals surface area (Å²) in [6.45, 7) is 0. The predicted molar refractivity (Wildman–Crippen MR) is 96.1 cm³/mol. The number of nitro benzene ring substituents is 1. The van der Waals surface area contributed by atoms with Gasteiger partial charge in [0.2, 0.25) is 0 Å². The van der Waals surface area contributed by atoms with Crippen molar-refractivity contribution in [2.45, 2.75) is 0 Å². The van der Waals surface area contributed by atoms with Gasteiger partial charge in [0, 0.05) is 27.9 Å². The first kappa shape index (κ1) is 14.7. The number of rotatable bonds is 3. The van der Waals surface area contributed by atoms with Crippen LogP contribution < -0.4 is 5.32 Å². The molecule has 0 atom stereocenters. The van der Waals surface area contributed by atoms with Gasteiger partial charge in [-0.3, -0.25) is 14.9 Å². The van der Waals surface area contributed by atoms with Crippen LogP contribution in [0.25, 0.3) is 20.3 Å². The fourth-order valence-electron chi connectivity index (χ4n) is 2.38. The highest BCUT2D eigenvalue weighted by molar-refractivity contribution is 7.21. The smallest absolute Gasteiger partial charge is 0.270 e. The molecule has 0 saturated heterocycles. The Morgan fingerprint density at radius 3 is 2.83 bits per heavy atom. The maximum absolute atomic E-state index is 12.4. The summed E-state index contributed by atoms with van der Waals surface area (Å²) >= 11 is 2.81. The third-order valence-electron chi connectivity index (χ3n) is 3.52. The largest absolute Gasteiger partial charge is 0.321 e. The summed E-state index contributed by atoms with van der Waals surface area (Å²) < 4.78 is 1.84. The zero-order chi connectivity index (χ0) is 16.7. The van der Waals surface area contributed by atoms with Gasteiger partial charge in [-0.25, -0.2) is 4.98 Å².